The summed E-state index contributed by atoms with van der Waals surface area (Å²) in [5.74, 6) is -0.118. The topological polar surface area (TPSA) is 68.0 Å². The molecule has 0 radical (unpaired) electrons. The minimum atomic E-state index is -0.422. The highest BCUT2D eigenvalue weighted by Gasteiger charge is 2.25. The number of nitrogens with zero attached hydrogens (tertiary/aromatic N) is 1. The van der Waals surface area contributed by atoms with E-state index in [4.69, 9.17) is 5.73 Å². The standard InChI is InChI=1S/C12H19N3O/c1-8-7-10(5-6-14-8)11(16)15-12(3,4)9(2)13/h5-7,9H,13H2,1-4H3,(H,15,16). The lowest BCUT2D eigenvalue weighted by molar-refractivity contribution is 0.0903. The smallest absolute Gasteiger partial charge is 0.251 e. The van der Waals surface area contributed by atoms with Gasteiger partial charge in [0.05, 0.1) is 0 Å². The second kappa shape index (κ2) is 4.61. The van der Waals surface area contributed by atoms with Gasteiger partial charge in [-0.05, 0) is 39.8 Å². The Morgan fingerprint density at radius 2 is 2.19 bits per heavy atom. The van der Waals surface area contributed by atoms with Gasteiger partial charge in [0.1, 0.15) is 0 Å². The number of pyridine rings is 1. The van der Waals surface area contributed by atoms with E-state index in [2.05, 4.69) is 10.3 Å². The third-order valence-corrected chi connectivity index (χ3v) is 2.73. The van der Waals surface area contributed by atoms with Gasteiger partial charge in [-0.15, -0.1) is 0 Å². The highest BCUT2D eigenvalue weighted by Crippen LogP contribution is 2.09. The fourth-order valence-electron chi connectivity index (χ4n) is 1.17. The molecule has 1 aromatic heterocycles. The molecule has 1 rings (SSSR count). The third kappa shape index (κ3) is 3.03. The minimum Gasteiger partial charge on any atom is -0.346 e. The van der Waals surface area contributed by atoms with Gasteiger partial charge >= 0.3 is 0 Å². The molecule has 1 atom stereocenters. The molecule has 1 heterocycles. The molecule has 88 valence electrons. The Hall–Kier alpha value is -1.42. The summed E-state index contributed by atoms with van der Waals surface area (Å²) in [4.78, 5) is 16.0. The number of amides is 1. The van der Waals surface area contributed by atoms with Crippen molar-refractivity contribution in [2.45, 2.75) is 39.3 Å². The molecule has 0 fully saturated rings. The van der Waals surface area contributed by atoms with Gasteiger partial charge in [-0.3, -0.25) is 9.78 Å². The van der Waals surface area contributed by atoms with Gasteiger partial charge < -0.3 is 11.1 Å². The summed E-state index contributed by atoms with van der Waals surface area (Å²) < 4.78 is 0. The number of aryl methyl sites for hydroxylation is 1. The average molecular weight is 221 g/mol. The first kappa shape index (κ1) is 12.6. The van der Waals surface area contributed by atoms with Gasteiger partial charge in [0.25, 0.3) is 5.91 Å². The minimum absolute atomic E-state index is 0.112. The van der Waals surface area contributed by atoms with E-state index in [-0.39, 0.29) is 11.9 Å². The Morgan fingerprint density at radius 3 is 2.69 bits per heavy atom. The van der Waals surface area contributed by atoms with Crippen LogP contribution in [0.2, 0.25) is 0 Å². The molecule has 0 spiro atoms. The van der Waals surface area contributed by atoms with Crippen molar-refractivity contribution in [2.24, 2.45) is 5.73 Å². The third-order valence-electron chi connectivity index (χ3n) is 2.73. The van der Waals surface area contributed by atoms with Crippen LogP contribution in [0.1, 0.15) is 36.8 Å². The summed E-state index contributed by atoms with van der Waals surface area (Å²) in [6.07, 6.45) is 1.63. The summed E-state index contributed by atoms with van der Waals surface area (Å²) in [6, 6.07) is 3.34. The molecular formula is C12H19N3O. The zero-order valence-corrected chi connectivity index (χ0v) is 10.2. The molecule has 1 unspecified atom stereocenters. The number of hydrogen-bond acceptors (Lipinski definition) is 3. The number of carbonyl (C=O) groups is 1. The van der Waals surface area contributed by atoms with Crippen molar-refractivity contribution >= 4 is 5.91 Å². The van der Waals surface area contributed by atoms with E-state index >= 15 is 0 Å². The van der Waals surface area contributed by atoms with Crippen molar-refractivity contribution in [1.82, 2.24) is 10.3 Å². The number of carbonyl (C=O) groups excluding carboxylic acids is 1. The van der Waals surface area contributed by atoms with Crippen molar-refractivity contribution in [3.63, 3.8) is 0 Å². The van der Waals surface area contributed by atoms with Crippen LogP contribution in [-0.4, -0.2) is 22.5 Å². The Labute approximate surface area is 96.3 Å². The fourth-order valence-corrected chi connectivity index (χ4v) is 1.17. The van der Waals surface area contributed by atoms with E-state index in [0.717, 1.165) is 5.69 Å². The van der Waals surface area contributed by atoms with Crippen LogP contribution in [0.4, 0.5) is 0 Å². The maximum atomic E-state index is 11.9. The molecule has 0 aromatic carbocycles. The molecule has 4 nitrogen and oxygen atoms in total. The number of nitrogens with one attached hydrogen (secondary N) is 1. The summed E-state index contributed by atoms with van der Waals surface area (Å²) in [6.45, 7) is 7.54. The predicted molar refractivity (Wildman–Crippen MR) is 64.2 cm³/mol. The van der Waals surface area contributed by atoms with Gasteiger partial charge in [-0.25, -0.2) is 0 Å². The van der Waals surface area contributed by atoms with Gasteiger partial charge in [0.2, 0.25) is 0 Å². The van der Waals surface area contributed by atoms with Crippen LogP contribution < -0.4 is 11.1 Å². The predicted octanol–water partition coefficient (Wildman–Crippen LogP) is 1.25. The van der Waals surface area contributed by atoms with Crippen molar-refractivity contribution in [3.05, 3.63) is 29.6 Å². The lowest BCUT2D eigenvalue weighted by atomic mass is 9.96. The molecule has 0 aliphatic heterocycles. The monoisotopic (exact) mass is 221 g/mol. The number of aromatic nitrogens is 1. The lowest BCUT2D eigenvalue weighted by Crippen LogP contribution is -2.54. The quantitative estimate of drug-likeness (QED) is 0.807. The van der Waals surface area contributed by atoms with Crippen molar-refractivity contribution in [3.8, 4) is 0 Å². The first-order valence-electron chi connectivity index (χ1n) is 5.33. The molecule has 0 bridgehead atoms. The Morgan fingerprint density at radius 1 is 1.56 bits per heavy atom. The highest BCUT2D eigenvalue weighted by molar-refractivity contribution is 5.94. The van der Waals surface area contributed by atoms with Crippen LogP contribution in [0.25, 0.3) is 0 Å². The van der Waals surface area contributed by atoms with Crippen molar-refractivity contribution in [1.29, 1.82) is 0 Å². The highest BCUT2D eigenvalue weighted by atomic mass is 16.1. The molecule has 3 N–H and O–H groups in total. The van der Waals surface area contributed by atoms with E-state index < -0.39 is 5.54 Å². The number of nitrogens with two attached hydrogens (primary N) is 1. The summed E-state index contributed by atoms with van der Waals surface area (Å²) >= 11 is 0. The van der Waals surface area contributed by atoms with Crippen LogP contribution in [-0.2, 0) is 0 Å². The average Bonchev–Trinajstić information content (AvgIpc) is 2.16. The Kier molecular flexibility index (Phi) is 3.65. The van der Waals surface area contributed by atoms with Crippen LogP contribution in [0.15, 0.2) is 18.3 Å². The maximum Gasteiger partial charge on any atom is 0.251 e. The van der Waals surface area contributed by atoms with Gasteiger partial charge in [-0.2, -0.15) is 0 Å². The molecular weight excluding hydrogens is 202 g/mol. The SMILES string of the molecule is Cc1cc(C(=O)NC(C)(C)C(C)N)ccn1. The largest absolute Gasteiger partial charge is 0.346 e. The Bertz CT molecular complexity index is 386. The first-order valence-corrected chi connectivity index (χ1v) is 5.33. The number of hydrogen-bond donors (Lipinski definition) is 2. The van der Waals surface area contributed by atoms with Crippen LogP contribution in [0.3, 0.4) is 0 Å². The first-order chi connectivity index (χ1) is 7.33. The van der Waals surface area contributed by atoms with Gasteiger partial charge in [0.15, 0.2) is 0 Å². The summed E-state index contributed by atoms with van der Waals surface area (Å²) in [5, 5.41) is 2.91. The summed E-state index contributed by atoms with van der Waals surface area (Å²) in [7, 11) is 0. The van der Waals surface area contributed by atoms with E-state index in [9.17, 15) is 4.79 Å². The molecule has 1 aromatic rings. The zero-order valence-electron chi connectivity index (χ0n) is 10.2. The van der Waals surface area contributed by atoms with E-state index in [1.54, 1.807) is 18.3 Å². The van der Waals surface area contributed by atoms with Crippen LogP contribution in [0.5, 0.6) is 0 Å². The Balaban J connectivity index is 2.81. The van der Waals surface area contributed by atoms with Gasteiger partial charge in [-0.1, -0.05) is 0 Å². The second-order valence-electron chi connectivity index (χ2n) is 4.65. The second-order valence-corrected chi connectivity index (χ2v) is 4.65. The molecule has 0 aliphatic carbocycles. The number of rotatable bonds is 3. The molecule has 4 heteroatoms. The molecule has 1 amide bonds. The normalized spacial score (nSPS) is 13.3. The van der Waals surface area contributed by atoms with Crippen molar-refractivity contribution in [2.75, 3.05) is 0 Å². The molecule has 0 saturated heterocycles. The van der Waals surface area contributed by atoms with E-state index in [1.807, 2.05) is 27.7 Å². The molecule has 0 saturated carbocycles. The molecule has 0 aliphatic rings. The fraction of sp³-hybridized carbons (Fsp3) is 0.500. The van der Waals surface area contributed by atoms with Crippen LogP contribution >= 0.6 is 0 Å². The zero-order chi connectivity index (χ0) is 12.3. The maximum absolute atomic E-state index is 11.9. The summed E-state index contributed by atoms with van der Waals surface area (Å²) in [5.41, 5.74) is 6.81. The van der Waals surface area contributed by atoms with E-state index in [0.29, 0.717) is 5.56 Å². The van der Waals surface area contributed by atoms with Gasteiger partial charge in [0, 0.05) is 29.0 Å². The van der Waals surface area contributed by atoms with Crippen LogP contribution in [0, 0.1) is 6.92 Å². The van der Waals surface area contributed by atoms with Crippen molar-refractivity contribution < 1.29 is 4.79 Å². The lowest BCUT2D eigenvalue weighted by Gasteiger charge is -2.30. The molecule has 16 heavy (non-hydrogen) atoms. The van der Waals surface area contributed by atoms with E-state index in [1.165, 1.54) is 0 Å².